The molecule has 0 radical (unpaired) electrons. The molecule has 1 aromatic carbocycles. The molecular formula is C14H14N4O3. The third-order valence-corrected chi connectivity index (χ3v) is 3.14. The van der Waals surface area contributed by atoms with E-state index in [-0.39, 0.29) is 24.2 Å². The summed E-state index contributed by atoms with van der Waals surface area (Å²) in [5.41, 5.74) is 1.43. The molecule has 7 nitrogen and oxygen atoms in total. The molecule has 1 aromatic heterocycles. The van der Waals surface area contributed by atoms with Gasteiger partial charge < -0.3 is 19.9 Å². The van der Waals surface area contributed by atoms with E-state index < -0.39 is 0 Å². The Bertz CT molecular complexity index is 637. The van der Waals surface area contributed by atoms with Crippen molar-refractivity contribution in [2.45, 2.75) is 0 Å². The minimum atomic E-state index is -0.310. The summed E-state index contributed by atoms with van der Waals surface area (Å²) in [5, 5.41) is 2.72. The highest BCUT2D eigenvalue weighted by Crippen LogP contribution is 2.19. The smallest absolute Gasteiger partial charge is 0.291 e. The summed E-state index contributed by atoms with van der Waals surface area (Å²) in [7, 11) is 0. The molecule has 108 valence electrons. The molecule has 2 N–H and O–H groups in total. The van der Waals surface area contributed by atoms with E-state index in [1.54, 1.807) is 35.4 Å². The lowest BCUT2D eigenvalue weighted by molar-refractivity contribution is -0.125. The maximum absolute atomic E-state index is 11.8. The summed E-state index contributed by atoms with van der Waals surface area (Å²) in [5.74, 6) is -0.119. The molecule has 0 aliphatic carbocycles. The number of rotatable bonds is 3. The molecule has 1 aliphatic rings. The number of aromatic amines is 1. The second-order valence-corrected chi connectivity index (χ2v) is 4.54. The van der Waals surface area contributed by atoms with Crippen molar-refractivity contribution in [3.05, 3.63) is 42.5 Å². The van der Waals surface area contributed by atoms with E-state index in [0.717, 1.165) is 5.69 Å². The Morgan fingerprint density at radius 2 is 2.14 bits per heavy atom. The van der Waals surface area contributed by atoms with Crippen LogP contribution in [0.25, 0.3) is 0 Å². The Morgan fingerprint density at radius 3 is 2.81 bits per heavy atom. The van der Waals surface area contributed by atoms with Gasteiger partial charge >= 0.3 is 0 Å². The van der Waals surface area contributed by atoms with E-state index in [2.05, 4.69) is 15.3 Å². The lowest BCUT2D eigenvalue weighted by Gasteiger charge is -2.26. The van der Waals surface area contributed by atoms with Crippen LogP contribution in [0.4, 0.5) is 11.4 Å². The Balaban J connectivity index is 1.69. The molecule has 0 atom stereocenters. The Kier molecular flexibility index (Phi) is 3.65. The summed E-state index contributed by atoms with van der Waals surface area (Å²) in [6, 6.07) is 7.08. The number of imidazole rings is 1. The highest BCUT2D eigenvalue weighted by molar-refractivity contribution is 6.01. The zero-order chi connectivity index (χ0) is 14.7. The monoisotopic (exact) mass is 286 g/mol. The molecule has 7 heteroatoms. The van der Waals surface area contributed by atoms with Crippen LogP contribution in [0.5, 0.6) is 0 Å². The zero-order valence-electron chi connectivity index (χ0n) is 11.2. The number of amides is 2. The molecule has 21 heavy (non-hydrogen) atoms. The Morgan fingerprint density at radius 1 is 1.33 bits per heavy atom. The Labute approximate surface area is 120 Å². The molecule has 1 saturated heterocycles. The molecule has 0 saturated carbocycles. The van der Waals surface area contributed by atoms with Crippen molar-refractivity contribution in [1.82, 2.24) is 9.97 Å². The maximum atomic E-state index is 11.8. The number of H-pyrrole nitrogens is 1. The topological polar surface area (TPSA) is 87.3 Å². The van der Waals surface area contributed by atoms with Crippen LogP contribution >= 0.6 is 0 Å². The van der Waals surface area contributed by atoms with Gasteiger partial charge in [0.25, 0.3) is 11.8 Å². The largest absolute Gasteiger partial charge is 0.370 e. The summed E-state index contributed by atoms with van der Waals surface area (Å²) < 4.78 is 5.09. The highest BCUT2D eigenvalue weighted by atomic mass is 16.5. The number of anilines is 2. The summed E-state index contributed by atoms with van der Waals surface area (Å²) in [6.07, 6.45) is 3.10. The average Bonchev–Trinajstić information content (AvgIpc) is 3.03. The fraction of sp³-hybridized carbons (Fsp3) is 0.214. The maximum Gasteiger partial charge on any atom is 0.291 e. The van der Waals surface area contributed by atoms with E-state index in [1.807, 2.05) is 0 Å². The first-order valence-electron chi connectivity index (χ1n) is 6.53. The third kappa shape index (κ3) is 2.92. The van der Waals surface area contributed by atoms with Crippen molar-refractivity contribution in [3.8, 4) is 0 Å². The second kappa shape index (κ2) is 5.76. The molecule has 3 rings (SSSR count). The lowest BCUT2D eigenvalue weighted by Crippen LogP contribution is -2.41. The summed E-state index contributed by atoms with van der Waals surface area (Å²) >= 11 is 0. The van der Waals surface area contributed by atoms with Crippen molar-refractivity contribution in [3.63, 3.8) is 0 Å². The molecule has 0 spiro atoms. The number of hydrogen-bond donors (Lipinski definition) is 2. The van der Waals surface area contributed by atoms with Gasteiger partial charge in [0.15, 0.2) is 5.82 Å². The molecule has 0 bridgehead atoms. The highest BCUT2D eigenvalue weighted by Gasteiger charge is 2.20. The lowest BCUT2D eigenvalue weighted by atomic mass is 10.2. The molecule has 2 heterocycles. The first-order valence-corrected chi connectivity index (χ1v) is 6.53. The molecule has 0 unspecified atom stereocenters. The minimum Gasteiger partial charge on any atom is -0.370 e. The normalized spacial score (nSPS) is 15.0. The van der Waals surface area contributed by atoms with Gasteiger partial charge in [0.2, 0.25) is 0 Å². The molecule has 1 aliphatic heterocycles. The number of nitrogens with one attached hydrogen (secondary N) is 2. The van der Waals surface area contributed by atoms with Crippen molar-refractivity contribution in [1.29, 1.82) is 0 Å². The van der Waals surface area contributed by atoms with E-state index in [1.165, 1.54) is 6.20 Å². The number of hydrogen-bond acceptors (Lipinski definition) is 4. The fourth-order valence-electron chi connectivity index (χ4n) is 2.10. The van der Waals surface area contributed by atoms with Gasteiger partial charge in [-0.2, -0.15) is 0 Å². The number of morpholine rings is 1. The second-order valence-electron chi connectivity index (χ2n) is 4.54. The van der Waals surface area contributed by atoms with E-state index in [4.69, 9.17) is 4.74 Å². The van der Waals surface area contributed by atoms with Gasteiger partial charge in [-0.05, 0) is 24.3 Å². The van der Waals surface area contributed by atoms with Gasteiger partial charge in [-0.25, -0.2) is 4.98 Å². The van der Waals surface area contributed by atoms with Crippen molar-refractivity contribution in [2.75, 3.05) is 30.0 Å². The Hall–Kier alpha value is -2.67. The predicted octanol–water partition coefficient (Wildman–Crippen LogP) is 1.03. The van der Waals surface area contributed by atoms with Crippen LogP contribution in [0.2, 0.25) is 0 Å². The predicted molar refractivity (Wildman–Crippen MR) is 76.2 cm³/mol. The van der Waals surface area contributed by atoms with Gasteiger partial charge in [-0.3, -0.25) is 9.59 Å². The number of carbonyl (C=O) groups is 2. The van der Waals surface area contributed by atoms with Gasteiger partial charge in [-0.1, -0.05) is 0 Å². The van der Waals surface area contributed by atoms with Crippen LogP contribution in [0.15, 0.2) is 36.7 Å². The number of aromatic nitrogens is 2. The van der Waals surface area contributed by atoms with E-state index in [9.17, 15) is 9.59 Å². The molecule has 2 aromatic rings. The SMILES string of the molecule is O=C(Nc1ccc(N2CCOCC2=O)cc1)c1ncc[nH]1. The van der Waals surface area contributed by atoms with Gasteiger partial charge in [0, 0.05) is 30.3 Å². The first-order chi connectivity index (χ1) is 10.2. The van der Waals surface area contributed by atoms with Crippen LogP contribution in [0.1, 0.15) is 10.6 Å². The van der Waals surface area contributed by atoms with Crippen LogP contribution in [0.3, 0.4) is 0 Å². The first kappa shape index (κ1) is 13.3. The number of carbonyl (C=O) groups excluding carboxylic acids is 2. The molecule has 2 amide bonds. The standard InChI is InChI=1S/C14H14N4O3/c19-12-9-21-8-7-18(12)11-3-1-10(2-4-11)17-14(20)13-15-5-6-16-13/h1-6H,7-9H2,(H,15,16)(H,17,20). The van der Waals surface area contributed by atoms with Crippen LogP contribution < -0.4 is 10.2 Å². The van der Waals surface area contributed by atoms with Crippen LogP contribution in [0, 0.1) is 0 Å². The average molecular weight is 286 g/mol. The van der Waals surface area contributed by atoms with Gasteiger partial charge in [-0.15, -0.1) is 0 Å². The van der Waals surface area contributed by atoms with Crippen LogP contribution in [-0.2, 0) is 9.53 Å². The zero-order valence-corrected chi connectivity index (χ0v) is 11.2. The van der Waals surface area contributed by atoms with E-state index in [0.29, 0.717) is 18.8 Å². The van der Waals surface area contributed by atoms with Gasteiger partial charge in [0.05, 0.1) is 6.61 Å². The van der Waals surface area contributed by atoms with Crippen LogP contribution in [-0.4, -0.2) is 41.5 Å². The molecule has 1 fully saturated rings. The third-order valence-electron chi connectivity index (χ3n) is 3.14. The molecular weight excluding hydrogens is 272 g/mol. The van der Waals surface area contributed by atoms with Crippen molar-refractivity contribution < 1.29 is 14.3 Å². The van der Waals surface area contributed by atoms with Crippen molar-refractivity contribution >= 4 is 23.2 Å². The number of benzene rings is 1. The number of ether oxygens (including phenoxy) is 1. The van der Waals surface area contributed by atoms with Gasteiger partial charge in [0.1, 0.15) is 6.61 Å². The van der Waals surface area contributed by atoms with E-state index >= 15 is 0 Å². The fourth-order valence-corrected chi connectivity index (χ4v) is 2.10. The number of nitrogens with zero attached hydrogens (tertiary/aromatic N) is 2. The quantitative estimate of drug-likeness (QED) is 0.882. The summed E-state index contributed by atoms with van der Waals surface area (Å²) in [4.78, 5) is 31.8. The van der Waals surface area contributed by atoms with Crippen molar-refractivity contribution in [2.24, 2.45) is 0 Å². The summed E-state index contributed by atoms with van der Waals surface area (Å²) in [6.45, 7) is 1.18. The minimum absolute atomic E-state index is 0.0615.